The van der Waals surface area contributed by atoms with Crippen LogP contribution in [0.15, 0.2) is 29.1 Å². The van der Waals surface area contributed by atoms with Crippen molar-refractivity contribution in [2.24, 2.45) is 0 Å². The van der Waals surface area contributed by atoms with E-state index in [2.05, 4.69) is 52.1 Å². The van der Waals surface area contributed by atoms with Gasteiger partial charge in [-0.25, -0.2) is 9.97 Å². The Morgan fingerprint density at radius 2 is 2.17 bits per heavy atom. The van der Waals surface area contributed by atoms with Gasteiger partial charge in [0.1, 0.15) is 18.1 Å². The van der Waals surface area contributed by atoms with Crippen LogP contribution in [0.2, 0.25) is 25.7 Å². The lowest BCUT2D eigenvalue weighted by molar-refractivity contribution is 0.0899. The molecule has 0 aromatic carbocycles. The number of piperidine rings is 1. The Morgan fingerprint density at radius 3 is 2.87 bits per heavy atom. The van der Waals surface area contributed by atoms with Crippen molar-refractivity contribution in [2.75, 3.05) is 25.0 Å². The zero-order valence-electron chi connectivity index (χ0n) is 18.5. The zero-order valence-corrected chi connectivity index (χ0v) is 19.5. The summed E-state index contributed by atoms with van der Waals surface area (Å²) in [6.45, 7) is 12.4. The third-order valence-corrected chi connectivity index (χ3v) is 7.22. The molecule has 1 aliphatic rings. The van der Waals surface area contributed by atoms with E-state index >= 15 is 0 Å². The quantitative estimate of drug-likeness (QED) is 0.408. The number of anilines is 1. The molecule has 1 atom stereocenters. The highest BCUT2D eigenvalue weighted by atomic mass is 28.3. The van der Waals surface area contributed by atoms with Crippen LogP contribution < -0.4 is 10.6 Å². The molecule has 0 spiro atoms. The number of hydrogen-bond donors (Lipinski definition) is 2. The number of rotatable bonds is 8. The molecule has 0 bridgehead atoms. The molecule has 1 saturated heterocycles. The van der Waals surface area contributed by atoms with Crippen molar-refractivity contribution < 1.29 is 9.15 Å². The van der Waals surface area contributed by atoms with E-state index in [1.165, 1.54) is 6.42 Å². The Balaban J connectivity index is 1.62. The number of nitrogens with zero attached hydrogens (tertiary/aromatic N) is 3. The van der Waals surface area contributed by atoms with Crippen molar-refractivity contribution in [3.63, 3.8) is 0 Å². The topological polar surface area (TPSA) is 77.1 Å². The fraction of sp³-hybridized carbons (Fsp3) is 0.545. The number of pyridine rings is 1. The Bertz CT molecular complexity index is 985. The summed E-state index contributed by atoms with van der Waals surface area (Å²) in [6.07, 6.45) is 7.99. The van der Waals surface area contributed by atoms with E-state index in [4.69, 9.17) is 14.1 Å². The number of oxazole rings is 1. The first-order chi connectivity index (χ1) is 14.4. The average molecular weight is 428 g/mol. The predicted octanol–water partition coefficient (Wildman–Crippen LogP) is 4.48. The van der Waals surface area contributed by atoms with E-state index in [9.17, 15) is 0 Å². The lowest BCUT2D eigenvalue weighted by atomic mass is 10.1. The van der Waals surface area contributed by atoms with E-state index < -0.39 is 8.07 Å². The highest BCUT2D eigenvalue weighted by Crippen LogP contribution is 2.35. The molecule has 1 fully saturated rings. The van der Waals surface area contributed by atoms with Gasteiger partial charge in [-0.05, 0) is 38.4 Å². The third-order valence-electron chi connectivity index (χ3n) is 5.51. The molecule has 2 N–H and O–H groups in total. The predicted molar refractivity (Wildman–Crippen MR) is 124 cm³/mol. The number of aromatic nitrogens is 3. The minimum absolute atomic E-state index is 0.371. The molecule has 0 radical (unpaired) electrons. The summed E-state index contributed by atoms with van der Waals surface area (Å²) in [5.74, 6) is 1.40. The molecule has 8 heteroatoms. The first-order valence-electron chi connectivity index (χ1n) is 10.9. The van der Waals surface area contributed by atoms with Crippen LogP contribution in [0.3, 0.4) is 0 Å². The van der Waals surface area contributed by atoms with Crippen LogP contribution in [-0.2, 0) is 11.5 Å². The second-order valence-electron chi connectivity index (χ2n) is 9.38. The summed E-state index contributed by atoms with van der Waals surface area (Å²) in [7, 11) is -1.09. The fourth-order valence-electron chi connectivity index (χ4n) is 3.76. The Morgan fingerprint density at radius 1 is 1.30 bits per heavy atom. The molecule has 162 valence electrons. The summed E-state index contributed by atoms with van der Waals surface area (Å²) in [5.41, 5.74) is 2.86. The van der Waals surface area contributed by atoms with E-state index in [1.807, 2.05) is 13.1 Å². The van der Waals surface area contributed by atoms with Crippen LogP contribution in [-0.4, -0.2) is 48.3 Å². The van der Waals surface area contributed by atoms with E-state index in [0.717, 1.165) is 60.2 Å². The van der Waals surface area contributed by atoms with Gasteiger partial charge in [-0.2, -0.15) is 0 Å². The van der Waals surface area contributed by atoms with Gasteiger partial charge in [0.2, 0.25) is 5.89 Å². The smallest absolute Gasteiger partial charge is 0.229 e. The van der Waals surface area contributed by atoms with Gasteiger partial charge in [0.05, 0.1) is 17.4 Å². The summed E-state index contributed by atoms with van der Waals surface area (Å²) < 4.78 is 13.9. The Labute approximate surface area is 179 Å². The maximum Gasteiger partial charge on any atom is 0.229 e. The van der Waals surface area contributed by atoms with E-state index in [1.54, 1.807) is 6.20 Å². The van der Waals surface area contributed by atoms with Gasteiger partial charge in [0, 0.05) is 45.0 Å². The Hall–Kier alpha value is -2.16. The molecule has 0 saturated carbocycles. The van der Waals surface area contributed by atoms with Gasteiger partial charge in [-0.15, -0.1) is 0 Å². The van der Waals surface area contributed by atoms with Gasteiger partial charge in [-0.3, -0.25) is 0 Å². The SMILES string of the molecule is Cc1cnc(-c2cnc3c(ccn3COCC[Si](C)(C)C)c2N[C@@H]2CCCNC2)o1. The maximum absolute atomic E-state index is 5.97. The fourth-order valence-corrected chi connectivity index (χ4v) is 4.52. The molecule has 0 aliphatic carbocycles. The van der Waals surface area contributed by atoms with Gasteiger partial charge >= 0.3 is 0 Å². The molecule has 4 heterocycles. The molecule has 30 heavy (non-hydrogen) atoms. The van der Waals surface area contributed by atoms with Crippen LogP contribution in [0, 0.1) is 6.92 Å². The van der Waals surface area contributed by atoms with E-state index in [-0.39, 0.29) is 0 Å². The molecule has 1 aliphatic heterocycles. The van der Waals surface area contributed by atoms with Crippen molar-refractivity contribution in [3.8, 4) is 11.5 Å². The zero-order chi connectivity index (χ0) is 21.1. The number of fused-ring (bicyclic) bond motifs is 1. The van der Waals surface area contributed by atoms with Gasteiger partial charge in [0.15, 0.2) is 0 Å². The van der Waals surface area contributed by atoms with Crippen LogP contribution in [0.25, 0.3) is 22.5 Å². The standard InChI is InChI=1S/C22H33N5O2Si/c1-16-12-25-22(29-16)19-14-24-21-18(20(19)26-17-6-5-8-23-13-17)7-9-27(21)15-28-10-11-30(2,3)4/h7,9,12,14,17,23H,5-6,8,10-11,13,15H2,1-4H3,(H,24,26)/t17-/m1/s1. The molecule has 3 aromatic heterocycles. The molecule has 4 rings (SSSR count). The van der Waals surface area contributed by atoms with Crippen molar-refractivity contribution in [2.45, 2.75) is 58.2 Å². The second-order valence-corrected chi connectivity index (χ2v) is 15.0. The molecule has 0 unspecified atom stereocenters. The summed E-state index contributed by atoms with van der Waals surface area (Å²) in [4.78, 5) is 9.19. The number of ether oxygens (including phenoxy) is 1. The van der Waals surface area contributed by atoms with Gasteiger partial charge < -0.3 is 24.4 Å². The van der Waals surface area contributed by atoms with Crippen molar-refractivity contribution in [1.82, 2.24) is 19.9 Å². The monoisotopic (exact) mass is 427 g/mol. The molecular weight excluding hydrogens is 394 g/mol. The Kier molecular flexibility index (Phi) is 6.26. The number of hydrogen-bond acceptors (Lipinski definition) is 6. The maximum atomic E-state index is 5.97. The lowest BCUT2D eigenvalue weighted by Crippen LogP contribution is -2.38. The average Bonchev–Trinajstić information content (AvgIpc) is 3.32. The van der Waals surface area contributed by atoms with Crippen LogP contribution in [0.5, 0.6) is 0 Å². The van der Waals surface area contributed by atoms with Crippen LogP contribution in [0.4, 0.5) is 5.69 Å². The molecular formula is C22H33N5O2Si. The largest absolute Gasteiger partial charge is 0.441 e. The normalized spacial score (nSPS) is 17.5. The number of nitrogens with one attached hydrogen (secondary N) is 2. The summed E-state index contributed by atoms with van der Waals surface area (Å²) in [6, 6.07) is 3.65. The van der Waals surface area contributed by atoms with Crippen molar-refractivity contribution in [1.29, 1.82) is 0 Å². The number of aryl methyl sites for hydroxylation is 1. The lowest BCUT2D eigenvalue weighted by Gasteiger charge is -2.26. The highest BCUT2D eigenvalue weighted by molar-refractivity contribution is 6.76. The van der Waals surface area contributed by atoms with E-state index in [0.29, 0.717) is 18.7 Å². The van der Waals surface area contributed by atoms with Gasteiger partial charge in [-0.1, -0.05) is 19.6 Å². The van der Waals surface area contributed by atoms with Gasteiger partial charge in [0.25, 0.3) is 0 Å². The molecule has 3 aromatic rings. The van der Waals surface area contributed by atoms with Crippen LogP contribution >= 0.6 is 0 Å². The van der Waals surface area contributed by atoms with Crippen molar-refractivity contribution >= 4 is 24.8 Å². The third kappa shape index (κ3) is 4.93. The highest BCUT2D eigenvalue weighted by Gasteiger charge is 2.21. The van der Waals surface area contributed by atoms with Crippen LogP contribution in [0.1, 0.15) is 18.6 Å². The van der Waals surface area contributed by atoms with Crippen molar-refractivity contribution in [3.05, 3.63) is 30.4 Å². The summed E-state index contributed by atoms with van der Waals surface area (Å²) in [5, 5.41) is 8.30. The summed E-state index contributed by atoms with van der Waals surface area (Å²) >= 11 is 0. The first kappa shape index (κ1) is 21.1. The molecule has 7 nitrogen and oxygen atoms in total. The minimum atomic E-state index is -1.09. The first-order valence-corrected chi connectivity index (χ1v) is 14.6. The minimum Gasteiger partial charge on any atom is -0.441 e. The second kappa shape index (κ2) is 8.91. The molecule has 0 amide bonds.